The third-order valence-corrected chi connectivity index (χ3v) is 4.39. The molecule has 2 bridgehead atoms. The molecule has 4 rings (SSSR count). The van der Waals surface area contributed by atoms with Gasteiger partial charge in [-0.15, -0.1) is 0 Å². The maximum atomic E-state index is 5.08. The van der Waals surface area contributed by atoms with Crippen LogP contribution in [0.25, 0.3) is 11.3 Å². The molecule has 2 atom stereocenters. The van der Waals surface area contributed by atoms with E-state index in [0.717, 1.165) is 17.0 Å². The fraction of sp³-hybridized carbons (Fsp3) is 0.467. The van der Waals surface area contributed by atoms with Crippen molar-refractivity contribution in [3.8, 4) is 11.3 Å². The number of hydrogen-bond donors (Lipinski definition) is 1. The average molecular weight is 255 g/mol. The molecule has 1 N–H and O–H groups in total. The zero-order valence-electron chi connectivity index (χ0n) is 10.7. The summed E-state index contributed by atoms with van der Waals surface area (Å²) in [5, 5.41) is 12.4. The maximum absolute atomic E-state index is 5.08. The molecular formula is C15H17N3O. The van der Waals surface area contributed by atoms with E-state index in [1.807, 2.05) is 6.07 Å². The number of nitrogens with one attached hydrogen (secondary N) is 1. The summed E-state index contributed by atoms with van der Waals surface area (Å²) in [4.78, 5) is 0. The van der Waals surface area contributed by atoms with E-state index in [1.54, 1.807) is 12.5 Å². The first-order valence-electron chi connectivity index (χ1n) is 7.01. The molecule has 2 aromatic rings. The Bertz CT molecular complexity index is 537. The van der Waals surface area contributed by atoms with Crippen LogP contribution in [-0.2, 0) is 0 Å². The summed E-state index contributed by atoms with van der Waals surface area (Å²) < 4.78 is 5.08. The molecule has 2 aromatic heterocycles. The van der Waals surface area contributed by atoms with Crippen LogP contribution in [0.5, 0.6) is 0 Å². The number of furan rings is 1. The van der Waals surface area contributed by atoms with Crippen molar-refractivity contribution in [2.45, 2.75) is 43.7 Å². The predicted octanol–water partition coefficient (Wildman–Crippen LogP) is 2.73. The highest BCUT2D eigenvalue weighted by molar-refractivity contribution is 5.56. The maximum Gasteiger partial charge on any atom is 0.0997 e. The van der Waals surface area contributed by atoms with Crippen LogP contribution in [0, 0.1) is 0 Å². The molecule has 0 radical (unpaired) electrons. The molecule has 2 unspecified atom stereocenters. The fourth-order valence-corrected chi connectivity index (χ4v) is 3.42. The number of nitrogens with zero attached hydrogens (tertiary/aromatic N) is 2. The van der Waals surface area contributed by atoms with Gasteiger partial charge in [0.1, 0.15) is 0 Å². The van der Waals surface area contributed by atoms with E-state index in [0.29, 0.717) is 18.0 Å². The minimum absolute atomic E-state index is 0.574. The van der Waals surface area contributed by atoms with Crippen LogP contribution < -0.4 is 5.32 Å². The second kappa shape index (κ2) is 4.46. The normalized spacial score (nSPS) is 29.6. The molecule has 0 amide bonds. The van der Waals surface area contributed by atoms with Crippen LogP contribution in [0.4, 0.5) is 0 Å². The number of aromatic nitrogens is 2. The van der Waals surface area contributed by atoms with E-state index in [1.165, 1.54) is 25.7 Å². The SMILES string of the molecule is c1cc(-c2ccc(C3CC4CCC(C3)N4)nn2)co1. The standard InChI is InChI=1S/C15H17N3O/c1-2-13-8-11(7-12(1)16-13)15-4-3-14(17-18-15)10-5-6-19-9-10/h3-6,9,11-13,16H,1-2,7-8H2. The monoisotopic (exact) mass is 255 g/mol. The van der Waals surface area contributed by atoms with Gasteiger partial charge >= 0.3 is 0 Å². The van der Waals surface area contributed by atoms with Crippen molar-refractivity contribution in [2.75, 3.05) is 0 Å². The quantitative estimate of drug-likeness (QED) is 0.896. The van der Waals surface area contributed by atoms with Gasteiger partial charge in [-0.3, -0.25) is 0 Å². The van der Waals surface area contributed by atoms with Gasteiger partial charge in [0.05, 0.1) is 23.9 Å². The summed E-state index contributed by atoms with van der Waals surface area (Å²) in [6.07, 6.45) is 8.42. The Balaban J connectivity index is 1.56. The van der Waals surface area contributed by atoms with Crippen LogP contribution >= 0.6 is 0 Å². The van der Waals surface area contributed by atoms with Crippen molar-refractivity contribution >= 4 is 0 Å². The molecule has 0 aromatic carbocycles. The van der Waals surface area contributed by atoms with Gasteiger partial charge in [-0.25, -0.2) is 0 Å². The van der Waals surface area contributed by atoms with Crippen LogP contribution in [0.2, 0.25) is 0 Å². The highest BCUT2D eigenvalue weighted by Crippen LogP contribution is 2.36. The van der Waals surface area contributed by atoms with Crippen LogP contribution in [-0.4, -0.2) is 22.3 Å². The summed E-state index contributed by atoms with van der Waals surface area (Å²) in [7, 11) is 0. The van der Waals surface area contributed by atoms with Gasteiger partial charge in [-0.1, -0.05) is 0 Å². The summed E-state index contributed by atoms with van der Waals surface area (Å²) >= 11 is 0. The molecule has 0 spiro atoms. The molecule has 0 saturated carbocycles. The molecule has 2 saturated heterocycles. The minimum atomic E-state index is 0.574. The first-order chi connectivity index (χ1) is 9.38. The van der Waals surface area contributed by atoms with Gasteiger partial charge in [0, 0.05) is 23.6 Å². The molecule has 98 valence electrons. The topological polar surface area (TPSA) is 51.0 Å². The highest BCUT2D eigenvalue weighted by atomic mass is 16.3. The third kappa shape index (κ3) is 2.06. The zero-order valence-corrected chi connectivity index (χ0v) is 10.7. The Morgan fingerprint density at radius 2 is 1.89 bits per heavy atom. The summed E-state index contributed by atoms with van der Waals surface area (Å²) in [5.74, 6) is 0.574. The minimum Gasteiger partial charge on any atom is -0.472 e. The summed E-state index contributed by atoms with van der Waals surface area (Å²) in [5.41, 5.74) is 3.02. The first kappa shape index (κ1) is 11.2. The van der Waals surface area contributed by atoms with Crippen molar-refractivity contribution in [3.63, 3.8) is 0 Å². The van der Waals surface area contributed by atoms with Crippen molar-refractivity contribution in [3.05, 3.63) is 36.4 Å². The Morgan fingerprint density at radius 3 is 2.53 bits per heavy atom. The van der Waals surface area contributed by atoms with Crippen LogP contribution in [0.1, 0.15) is 37.3 Å². The van der Waals surface area contributed by atoms with Gasteiger partial charge in [0.25, 0.3) is 0 Å². The molecule has 4 heterocycles. The Labute approximate surface area is 112 Å². The van der Waals surface area contributed by atoms with Gasteiger partial charge in [-0.05, 0) is 43.9 Å². The van der Waals surface area contributed by atoms with E-state index in [2.05, 4.69) is 27.6 Å². The van der Waals surface area contributed by atoms with E-state index in [-0.39, 0.29) is 0 Å². The number of piperidine rings is 1. The van der Waals surface area contributed by atoms with Crippen LogP contribution in [0.3, 0.4) is 0 Å². The molecule has 4 heteroatoms. The van der Waals surface area contributed by atoms with Gasteiger partial charge in [-0.2, -0.15) is 10.2 Å². The van der Waals surface area contributed by atoms with E-state index < -0.39 is 0 Å². The molecular weight excluding hydrogens is 238 g/mol. The lowest BCUT2D eigenvalue weighted by molar-refractivity contribution is 0.357. The fourth-order valence-electron chi connectivity index (χ4n) is 3.42. The number of hydrogen-bond acceptors (Lipinski definition) is 4. The lowest BCUT2D eigenvalue weighted by Crippen LogP contribution is -2.37. The largest absolute Gasteiger partial charge is 0.472 e. The Kier molecular flexibility index (Phi) is 2.62. The average Bonchev–Trinajstić information content (AvgIpc) is 3.09. The number of fused-ring (bicyclic) bond motifs is 2. The van der Waals surface area contributed by atoms with E-state index in [9.17, 15) is 0 Å². The molecule has 0 aliphatic carbocycles. The lowest BCUT2D eigenvalue weighted by atomic mass is 9.89. The van der Waals surface area contributed by atoms with E-state index in [4.69, 9.17) is 4.42 Å². The molecule has 2 aliphatic rings. The van der Waals surface area contributed by atoms with E-state index >= 15 is 0 Å². The molecule has 19 heavy (non-hydrogen) atoms. The predicted molar refractivity (Wildman–Crippen MR) is 71.7 cm³/mol. The second-order valence-electron chi connectivity index (χ2n) is 5.66. The smallest absolute Gasteiger partial charge is 0.0997 e. The van der Waals surface area contributed by atoms with Crippen LogP contribution in [0.15, 0.2) is 35.1 Å². The second-order valence-corrected chi connectivity index (χ2v) is 5.66. The van der Waals surface area contributed by atoms with Gasteiger partial charge in [0.15, 0.2) is 0 Å². The molecule has 2 aliphatic heterocycles. The number of rotatable bonds is 2. The lowest BCUT2D eigenvalue weighted by Gasteiger charge is -2.28. The van der Waals surface area contributed by atoms with Crippen molar-refractivity contribution < 1.29 is 4.42 Å². The van der Waals surface area contributed by atoms with Crippen molar-refractivity contribution in [2.24, 2.45) is 0 Å². The molecule has 4 nitrogen and oxygen atoms in total. The Morgan fingerprint density at radius 1 is 1.05 bits per heavy atom. The molecule has 2 fully saturated rings. The summed E-state index contributed by atoms with van der Waals surface area (Å²) in [6, 6.07) is 7.48. The zero-order chi connectivity index (χ0) is 12.7. The summed E-state index contributed by atoms with van der Waals surface area (Å²) in [6.45, 7) is 0. The Hall–Kier alpha value is -1.68. The van der Waals surface area contributed by atoms with Gasteiger partial charge in [0.2, 0.25) is 0 Å². The van der Waals surface area contributed by atoms with Crippen molar-refractivity contribution in [1.82, 2.24) is 15.5 Å². The third-order valence-electron chi connectivity index (χ3n) is 4.39. The first-order valence-corrected chi connectivity index (χ1v) is 7.01. The highest BCUT2D eigenvalue weighted by Gasteiger charge is 2.34. The van der Waals surface area contributed by atoms with Crippen molar-refractivity contribution in [1.29, 1.82) is 0 Å². The van der Waals surface area contributed by atoms with Gasteiger partial charge < -0.3 is 9.73 Å².